The molecule has 0 amide bonds. The Kier molecular flexibility index (Phi) is 5.42. The highest BCUT2D eigenvalue weighted by Crippen LogP contribution is 2.24. The van der Waals surface area contributed by atoms with Gasteiger partial charge in [-0.3, -0.25) is 0 Å². The number of halogens is 1. The van der Waals surface area contributed by atoms with Gasteiger partial charge in [0, 0.05) is 15.8 Å². The van der Waals surface area contributed by atoms with Crippen LogP contribution in [0.25, 0.3) is 11.4 Å². The number of aromatic nitrogens is 3. The van der Waals surface area contributed by atoms with Gasteiger partial charge in [-0.2, -0.15) is 0 Å². The number of nitrogens with zero attached hydrogens (tertiary/aromatic N) is 3. The summed E-state index contributed by atoms with van der Waals surface area (Å²) in [7, 11) is 0. The van der Waals surface area contributed by atoms with Gasteiger partial charge in [-0.05, 0) is 36.8 Å². The van der Waals surface area contributed by atoms with Crippen LogP contribution in [0.4, 0.5) is 0 Å². The predicted octanol–water partition coefficient (Wildman–Crippen LogP) is 3.90. The fraction of sp³-hybridized carbons (Fsp3) is 0.176. The minimum Gasteiger partial charge on any atom is -0.493 e. The van der Waals surface area contributed by atoms with Crippen molar-refractivity contribution in [1.82, 2.24) is 14.9 Å². The molecular formula is C17H17BrN4OS. The number of ether oxygens (including phenoxy) is 1. The SMILES string of the molecule is Cc1ccccc1-c1nnc(SCCOc2ccc(Br)cc2)n1N. The van der Waals surface area contributed by atoms with Crippen molar-refractivity contribution in [2.24, 2.45) is 0 Å². The van der Waals surface area contributed by atoms with E-state index in [4.69, 9.17) is 10.6 Å². The lowest BCUT2D eigenvalue weighted by atomic mass is 10.1. The van der Waals surface area contributed by atoms with E-state index in [9.17, 15) is 0 Å². The molecule has 0 spiro atoms. The molecule has 1 aromatic heterocycles. The fourth-order valence-electron chi connectivity index (χ4n) is 2.21. The van der Waals surface area contributed by atoms with Crippen molar-refractivity contribution in [1.29, 1.82) is 0 Å². The Labute approximate surface area is 153 Å². The van der Waals surface area contributed by atoms with Crippen LogP contribution >= 0.6 is 27.7 Å². The number of hydrogen-bond donors (Lipinski definition) is 1. The molecule has 124 valence electrons. The van der Waals surface area contributed by atoms with Gasteiger partial charge in [-0.1, -0.05) is 52.0 Å². The van der Waals surface area contributed by atoms with Crippen molar-refractivity contribution in [2.45, 2.75) is 12.1 Å². The van der Waals surface area contributed by atoms with Gasteiger partial charge in [0.05, 0.1) is 6.61 Å². The average molecular weight is 405 g/mol. The quantitative estimate of drug-likeness (QED) is 0.383. The molecule has 0 unspecified atom stereocenters. The second kappa shape index (κ2) is 7.72. The number of nitrogen functional groups attached to an aromatic ring is 1. The molecule has 2 aromatic carbocycles. The molecule has 0 aliphatic rings. The zero-order chi connectivity index (χ0) is 16.9. The van der Waals surface area contributed by atoms with Crippen LogP contribution in [-0.4, -0.2) is 27.2 Å². The average Bonchev–Trinajstić information content (AvgIpc) is 2.94. The summed E-state index contributed by atoms with van der Waals surface area (Å²) < 4.78 is 8.26. The third-order valence-electron chi connectivity index (χ3n) is 3.45. The van der Waals surface area contributed by atoms with Gasteiger partial charge in [-0.15, -0.1) is 10.2 Å². The lowest BCUT2D eigenvalue weighted by Crippen LogP contribution is -2.12. The molecule has 0 radical (unpaired) electrons. The van der Waals surface area contributed by atoms with Crippen LogP contribution < -0.4 is 10.6 Å². The number of benzene rings is 2. The van der Waals surface area contributed by atoms with Crippen molar-refractivity contribution in [3.05, 3.63) is 58.6 Å². The van der Waals surface area contributed by atoms with Crippen LogP contribution in [0.15, 0.2) is 58.2 Å². The smallest absolute Gasteiger partial charge is 0.210 e. The topological polar surface area (TPSA) is 66.0 Å². The van der Waals surface area contributed by atoms with Gasteiger partial charge in [0.25, 0.3) is 0 Å². The number of nitrogens with two attached hydrogens (primary N) is 1. The van der Waals surface area contributed by atoms with Crippen molar-refractivity contribution in [2.75, 3.05) is 18.2 Å². The Morgan fingerprint density at radius 3 is 2.62 bits per heavy atom. The van der Waals surface area contributed by atoms with Crippen LogP contribution in [0.2, 0.25) is 0 Å². The number of hydrogen-bond acceptors (Lipinski definition) is 5. The highest BCUT2D eigenvalue weighted by Gasteiger charge is 2.13. The van der Waals surface area contributed by atoms with E-state index in [1.165, 1.54) is 16.4 Å². The van der Waals surface area contributed by atoms with Gasteiger partial charge in [0.1, 0.15) is 5.75 Å². The van der Waals surface area contributed by atoms with E-state index in [0.29, 0.717) is 17.6 Å². The lowest BCUT2D eigenvalue weighted by Gasteiger charge is -2.07. The molecule has 0 atom stereocenters. The van der Waals surface area contributed by atoms with E-state index in [1.807, 2.05) is 55.5 Å². The largest absolute Gasteiger partial charge is 0.493 e. The first-order valence-corrected chi connectivity index (χ1v) is 9.20. The molecule has 3 aromatic rings. The van der Waals surface area contributed by atoms with Crippen molar-refractivity contribution < 1.29 is 4.74 Å². The Hall–Kier alpha value is -1.99. The van der Waals surface area contributed by atoms with Gasteiger partial charge in [0.15, 0.2) is 5.82 Å². The number of aryl methyl sites for hydroxylation is 1. The maximum absolute atomic E-state index is 6.14. The minimum atomic E-state index is 0.568. The molecular weight excluding hydrogens is 388 g/mol. The molecule has 0 bridgehead atoms. The summed E-state index contributed by atoms with van der Waals surface area (Å²) in [6.45, 7) is 2.60. The summed E-state index contributed by atoms with van der Waals surface area (Å²) in [5, 5.41) is 9.07. The summed E-state index contributed by atoms with van der Waals surface area (Å²) in [5.41, 5.74) is 2.11. The summed E-state index contributed by atoms with van der Waals surface area (Å²) in [4.78, 5) is 0. The van der Waals surface area contributed by atoms with Gasteiger partial charge < -0.3 is 10.6 Å². The summed E-state index contributed by atoms with van der Waals surface area (Å²) in [5.74, 6) is 8.39. The maximum atomic E-state index is 6.14. The molecule has 0 saturated heterocycles. The van der Waals surface area contributed by atoms with E-state index in [1.54, 1.807) is 0 Å². The summed E-state index contributed by atoms with van der Waals surface area (Å²) in [6.07, 6.45) is 0. The molecule has 0 fully saturated rings. The Bertz CT molecular complexity index is 820. The van der Waals surface area contributed by atoms with Crippen LogP contribution in [0.3, 0.4) is 0 Å². The van der Waals surface area contributed by atoms with Crippen LogP contribution in [0.5, 0.6) is 5.75 Å². The van der Waals surface area contributed by atoms with Crippen molar-refractivity contribution in [3.8, 4) is 17.1 Å². The first-order chi connectivity index (χ1) is 11.6. The van der Waals surface area contributed by atoms with Gasteiger partial charge >= 0.3 is 0 Å². The molecule has 0 aliphatic heterocycles. The third-order valence-corrected chi connectivity index (χ3v) is 4.88. The number of thioether (sulfide) groups is 1. The molecule has 5 nitrogen and oxygen atoms in total. The van der Waals surface area contributed by atoms with E-state index in [0.717, 1.165) is 27.1 Å². The van der Waals surface area contributed by atoms with E-state index in [2.05, 4.69) is 26.1 Å². The highest BCUT2D eigenvalue weighted by molar-refractivity contribution is 9.10. The van der Waals surface area contributed by atoms with E-state index in [-0.39, 0.29) is 0 Å². The second-order valence-corrected chi connectivity index (χ2v) is 7.12. The van der Waals surface area contributed by atoms with Crippen molar-refractivity contribution in [3.63, 3.8) is 0 Å². The Morgan fingerprint density at radius 2 is 1.88 bits per heavy atom. The standard InChI is InChI=1S/C17H17BrN4OS/c1-12-4-2-3-5-15(12)16-20-21-17(22(16)19)24-11-10-23-14-8-6-13(18)7-9-14/h2-9H,10-11,19H2,1H3. The fourth-order valence-corrected chi connectivity index (χ4v) is 3.14. The first kappa shape index (κ1) is 16.9. The van der Waals surface area contributed by atoms with Gasteiger partial charge in [0.2, 0.25) is 5.16 Å². The zero-order valence-corrected chi connectivity index (χ0v) is 15.5. The Morgan fingerprint density at radius 1 is 1.12 bits per heavy atom. The first-order valence-electron chi connectivity index (χ1n) is 7.43. The zero-order valence-electron chi connectivity index (χ0n) is 13.1. The van der Waals surface area contributed by atoms with Gasteiger partial charge in [-0.25, -0.2) is 4.68 Å². The summed E-state index contributed by atoms with van der Waals surface area (Å²) >= 11 is 4.92. The van der Waals surface area contributed by atoms with Crippen LogP contribution in [-0.2, 0) is 0 Å². The summed E-state index contributed by atoms with van der Waals surface area (Å²) in [6, 6.07) is 15.7. The molecule has 24 heavy (non-hydrogen) atoms. The minimum absolute atomic E-state index is 0.568. The van der Waals surface area contributed by atoms with Crippen LogP contribution in [0, 0.1) is 6.92 Å². The monoisotopic (exact) mass is 404 g/mol. The highest BCUT2D eigenvalue weighted by atomic mass is 79.9. The second-order valence-electron chi connectivity index (χ2n) is 5.14. The molecule has 7 heteroatoms. The van der Waals surface area contributed by atoms with Crippen LogP contribution in [0.1, 0.15) is 5.56 Å². The molecule has 3 rings (SSSR count). The molecule has 1 heterocycles. The van der Waals surface area contributed by atoms with Crippen molar-refractivity contribution >= 4 is 27.7 Å². The predicted molar refractivity (Wildman–Crippen MR) is 101 cm³/mol. The van der Waals surface area contributed by atoms with E-state index < -0.39 is 0 Å². The normalized spacial score (nSPS) is 10.8. The van der Waals surface area contributed by atoms with E-state index >= 15 is 0 Å². The third kappa shape index (κ3) is 3.91. The Balaban J connectivity index is 1.59. The number of rotatable bonds is 6. The lowest BCUT2D eigenvalue weighted by molar-refractivity contribution is 0.344. The molecule has 0 saturated carbocycles. The molecule has 2 N–H and O–H groups in total. The maximum Gasteiger partial charge on any atom is 0.210 e. The molecule has 0 aliphatic carbocycles.